The van der Waals surface area contributed by atoms with Crippen molar-refractivity contribution in [3.05, 3.63) is 58.0 Å². The van der Waals surface area contributed by atoms with Crippen molar-refractivity contribution in [3.8, 4) is 0 Å². The molecule has 0 spiro atoms. The van der Waals surface area contributed by atoms with Crippen LogP contribution >= 0.6 is 11.3 Å². The molecule has 21 heavy (non-hydrogen) atoms. The number of thiophene rings is 1. The molecule has 2 heterocycles. The smallest absolute Gasteiger partial charge is 0.256 e. The average Bonchev–Trinajstić information content (AvgIpc) is 3.01. The van der Waals surface area contributed by atoms with Gasteiger partial charge in [0.15, 0.2) is 0 Å². The van der Waals surface area contributed by atoms with Crippen LogP contribution in [0.25, 0.3) is 0 Å². The Hall–Kier alpha value is -1.72. The highest BCUT2D eigenvalue weighted by Gasteiger charge is 2.23. The van der Waals surface area contributed by atoms with E-state index >= 15 is 0 Å². The SMILES string of the molecule is O=C(c1ccccc1F)N1CCN(Cc2ccsc2)CC1. The molecular formula is C16H17FN2OS. The van der Waals surface area contributed by atoms with E-state index < -0.39 is 5.82 Å². The Kier molecular flexibility index (Phi) is 4.31. The fourth-order valence-electron chi connectivity index (χ4n) is 2.55. The minimum atomic E-state index is -0.441. The highest BCUT2D eigenvalue weighted by Crippen LogP contribution is 2.14. The van der Waals surface area contributed by atoms with Gasteiger partial charge in [0, 0.05) is 32.7 Å². The Morgan fingerprint density at radius 2 is 1.90 bits per heavy atom. The number of amides is 1. The zero-order valence-electron chi connectivity index (χ0n) is 11.7. The molecule has 3 rings (SSSR count). The van der Waals surface area contributed by atoms with E-state index in [0.29, 0.717) is 13.1 Å². The van der Waals surface area contributed by atoms with Crippen molar-refractivity contribution in [2.45, 2.75) is 6.54 Å². The number of carbonyl (C=O) groups is 1. The lowest BCUT2D eigenvalue weighted by Crippen LogP contribution is -2.48. The van der Waals surface area contributed by atoms with Gasteiger partial charge in [-0.15, -0.1) is 0 Å². The Morgan fingerprint density at radius 3 is 2.57 bits per heavy atom. The van der Waals surface area contributed by atoms with E-state index in [1.165, 1.54) is 11.6 Å². The summed E-state index contributed by atoms with van der Waals surface area (Å²) in [5, 5.41) is 4.23. The zero-order valence-corrected chi connectivity index (χ0v) is 12.5. The molecule has 0 aliphatic carbocycles. The summed E-state index contributed by atoms with van der Waals surface area (Å²) in [5.74, 6) is -0.647. The summed E-state index contributed by atoms with van der Waals surface area (Å²) in [7, 11) is 0. The average molecular weight is 304 g/mol. The highest BCUT2D eigenvalue weighted by atomic mass is 32.1. The summed E-state index contributed by atoms with van der Waals surface area (Å²) in [6.45, 7) is 3.88. The van der Waals surface area contributed by atoms with Crippen molar-refractivity contribution in [3.63, 3.8) is 0 Å². The summed E-state index contributed by atoms with van der Waals surface area (Å²) < 4.78 is 13.7. The molecule has 3 nitrogen and oxygen atoms in total. The Labute approximate surface area is 127 Å². The van der Waals surface area contributed by atoms with Crippen molar-refractivity contribution < 1.29 is 9.18 Å². The molecule has 1 saturated heterocycles. The third-order valence-electron chi connectivity index (χ3n) is 3.75. The number of hydrogen-bond donors (Lipinski definition) is 0. The van der Waals surface area contributed by atoms with Crippen LogP contribution in [0.3, 0.4) is 0 Å². The maximum Gasteiger partial charge on any atom is 0.256 e. The molecule has 1 amide bonds. The molecule has 0 N–H and O–H groups in total. The van der Waals surface area contributed by atoms with Crippen LogP contribution in [0.2, 0.25) is 0 Å². The first-order chi connectivity index (χ1) is 10.2. The first-order valence-corrected chi connectivity index (χ1v) is 7.95. The van der Waals surface area contributed by atoms with Crippen LogP contribution in [0, 0.1) is 5.82 Å². The molecule has 0 bridgehead atoms. The second-order valence-corrected chi connectivity index (χ2v) is 5.96. The first kappa shape index (κ1) is 14.2. The Balaban J connectivity index is 1.58. The Morgan fingerprint density at radius 1 is 1.14 bits per heavy atom. The summed E-state index contributed by atoms with van der Waals surface area (Å²) in [5.41, 5.74) is 1.48. The largest absolute Gasteiger partial charge is 0.336 e. The number of halogens is 1. The van der Waals surface area contributed by atoms with Gasteiger partial charge in [-0.3, -0.25) is 9.69 Å². The van der Waals surface area contributed by atoms with Crippen LogP contribution in [0.5, 0.6) is 0 Å². The molecule has 1 aromatic carbocycles. The van der Waals surface area contributed by atoms with E-state index in [2.05, 4.69) is 21.7 Å². The van der Waals surface area contributed by atoms with Gasteiger partial charge in [-0.05, 0) is 34.5 Å². The van der Waals surface area contributed by atoms with Gasteiger partial charge in [-0.25, -0.2) is 4.39 Å². The fraction of sp³-hybridized carbons (Fsp3) is 0.312. The van der Waals surface area contributed by atoms with Gasteiger partial charge in [0.25, 0.3) is 5.91 Å². The molecule has 2 aromatic rings. The predicted molar refractivity (Wildman–Crippen MR) is 81.9 cm³/mol. The monoisotopic (exact) mass is 304 g/mol. The molecule has 0 atom stereocenters. The third kappa shape index (κ3) is 3.31. The van der Waals surface area contributed by atoms with Gasteiger partial charge in [-0.2, -0.15) is 11.3 Å². The summed E-state index contributed by atoms with van der Waals surface area (Å²) >= 11 is 1.70. The second-order valence-electron chi connectivity index (χ2n) is 5.18. The van der Waals surface area contributed by atoms with Crippen molar-refractivity contribution >= 4 is 17.2 Å². The van der Waals surface area contributed by atoms with Crippen LogP contribution in [0.1, 0.15) is 15.9 Å². The molecule has 1 aliphatic rings. The van der Waals surface area contributed by atoms with Crippen LogP contribution in [0.4, 0.5) is 4.39 Å². The topological polar surface area (TPSA) is 23.6 Å². The maximum absolute atomic E-state index is 13.7. The number of nitrogens with zero attached hydrogens (tertiary/aromatic N) is 2. The van der Waals surface area contributed by atoms with Gasteiger partial charge in [0.05, 0.1) is 5.56 Å². The molecule has 0 unspecified atom stereocenters. The van der Waals surface area contributed by atoms with Crippen molar-refractivity contribution in [2.75, 3.05) is 26.2 Å². The molecule has 1 fully saturated rings. The fourth-order valence-corrected chi connectivity index (χ4v) is 3.21. The standard InChI is InChI=1S/C16H17FN2OS/c17-15-4-2-1-3-14(15)16(20)19-8-6-18(7-9-19)11-13-5-10-21-12-13/h1-5,10,12H,6-9,11H2. The number of piperazine rings is 1. The molecule has 5 heteroatoms. The maximum atomic E-state index is 13.7. The van der Waals surface area contributed by atoms with E-state index in [-0.39, 0.29) is 11.5 Å². The molecule has 0 saturated carbocycles. The van der Waals surface area contributed by atoms with Gasteiger partial charge in [0.2, 0.25) is 0 Å². The molecule has 1 aliphatic heterocycles. The lowest BCUT2D eigenvalue weighted by atomic mass is 10.1. The van der Waals surface area contributed by atoms with Gasteiger partial charge < -0.3 is 4.90 Å². The van der Waals surface area contributed by atoms with Gasteiger partial charge in [-0.1, -0.05) is 12.1 Å². The highest BCUT2D eigenvalue weighted by molar-refractivity contribution is 7.07. The lowest BCUT2D eigenvalue weighted by molar-refractivity contribution is 0.0624. The molecule has 0 radical (unpaired) electrons. The minimum absolute atomic E-state index is 0.170. The molecule has 110 valence electrons. The van der Waals surface area contributed by atoms with Crippen molar-refractivity contribution in [1.82, 2.24) is 9.80 Å². The quantitative estimate of drug-likeness (QED) is 0.870. The summed E-state index contributed by atoms with van der Waals surface area (Å²) in [4.78, 5) is 16.4. The normalized spacial score (nSPS) is 16.1. The zero-order chi connectivity index (χ0) is 14.7. The number of benzene rings is 1. The molecule has 1 aromatic heterocycles. The van der Waals surface area contributed by atoms with Gasteiger partial charge in [0.1, 0.15) is 5.82 Å². The van der Waals surface area contributed by atoms with Crippen LogP contribution in [-0.4, -0.2) is 41.9 Å². The van der Waals surface area contributed by atoms with Crippen LogP contribution < -0.4 is 0 Å². The number of rotatable bonds is 3. The lowest BCUT2D eigenvalue weighted by Gasteiger charge is -2.34. The Bertz CT molecular complexity index is 606. The van der Waals surface area contributed by atoms with Crippen LogP contribution in [-0.2, 0) is 6.54 Å². The van der Waals surface area contributed by atoms with E-state index in [1.807, 2.05) is 0 Å². The summed E-state index contributed by atoms with van der Waals surface area (Å²) in [6, 6.07) is 8.31. The van der Waals surface area contributed by atoms with Gasteiger partial charge >= 0.3 is 0 Å². The van der Waals surface area contributed by atoms with E-state index in [0.717, 1.165) is 19.6 Å². The molecular weight excluding hydrogens is 287 g/mol. The van der Waals surface area contributed by atoms with Crippen molar-refractivity contribution in [1.29, 1.82) is 0 Å². The third-order valence-corrected chi connectivity index (χ3v) is 4.48. The minimum Gasteiger partial charge on any atom is -0.336 e. The summed E-state index contributed by atoms with van der Waals surface area (Å²) in [6.07, 6.45) is 0. The van der Waals surface area contributed by atoms with Crippen LogP contribution in [0.15, 0.2) is 41.1 Å². The first-order valence-electron chi connectivity index (χ1n) is 7.01. The van der Waals surface area contributed by atoms with E-state index in [9.17, 15) is 9.18 Å². The number of carbonyl (C=O) groups excluding carboxylic acids is 1. The van der Waals surface area contributed by atoms with Crippen molar-refractivity contribution in [2.24, 2.45) is 0 Å². The number of hydrogen-bond acceptors (Lipinski definition) is 3. The van der Waals surface area contributed by atoms with E-state index in [4.69, 9.17) is 0 Å². The second kappa shape index (κ2) is 6.37. The predicted octanol–water partition coefficient (Wildman–Crippen LogP) is 2.85. The van der Waals surface area contributed by atoms with E-state index in [1.54, 1.807) is 34.4 Å².